The molecule has 0 amide bonds. The molecule has 7 heteroatoms. The van der Waals surface area contributed by atoms with Crippen LogP contribution in [0.25, 0.3) is 0 Å². The number of benzene rings is 2. The van der Waals surface area contributed by atoms with Gasteiger partial charge in [0.05, 0.1) is 5.69 Å². The summed E-state index contributed by atoms with van der Waals surface area (Å²) >= 11 is 0. The number of likely N-dealkylation sites (tertiary alicyclic amines) is 1. The molecule has 0 spiro atoms. The van der Waals surface area contributed by atoms with Crippen LogP contribution in [0.15, 0.2) is 60.7 Å². The van der Waals surface area contributed by atoms with Crippen LogP contribution in [0.3, 0.4) is 0 Å². The molecule has 2 aliphatic rings. The maximum atomic E-state index is 14.3. The third-order valence-corrected chi connectivity index (χ3v) is 9.88. The van der Waals surface area contributed by atoms with Crippen LogP contribution < -0.4 is 0 Å². The third-order valence-electron chi connectivity index (χ3n) is 9.88. The molecule has 2 heterocycles. The van der Waals surface area contributed by atoms with E-state index in [-0.39, 0.29) is 17.8 Å². The molecular weight excluding hydrogens is 539 g/mol. The van der Waals surface area contributed by atoms with E-state index in [9.17, 15) is 14.3 Å². The summed E-state index contributed by atoms with van der Waals surface area (Å²) in [6, 6.07) is 19.6. The molecule has 2 aromatic carbocycles. The average molecular weight is 589 g/mol. The second-order valence-electron chi connectivity index (χ2n) is 13.3. The molecule has 0 radical (unpaired) electrons. The number of likely N-dealkylation sites (N-methyl/N-ethyl adjacent to an activating group) is 1. The van der Waals surface area contributed by atoms with Crippen molar-refractivity contribution in [3.05, 3.63) is 89.0 Å². The summed E-state index contributed by atoms with van der Waals surface area (Å²) in [5.74, 6) is 0.439. The Hall–Kier alpha value is -3.03. The average Bonchev–Trinajstić information content (AvgIpc) is 3.60. The second kappa shape index (κ2) is 14.2. The van der Waals surface area contributed by atoms with Crippen molar-refractivity contribution in [2.45, 2.75) is 89.8 Å². The summed E-state index contributed by atoms with van der Waals surface area (Å²) in [4.78, 5) is 16.9. The Kier molecular flexibility index (Phi) is 10.3. The first-order chi connectivity index (χ1) is 20.7. The highest BCUT2D eigenvalue weighted by molar-refractivity contribution is 5.73. The smallest absolute Gasteiger partial charge is 0.320 e. The topological polar surface area (TPSA) is 61.6 Å². The zero-order valence-electron chi connectivity index (χ0n) is 26.3. The first-order valence-corrected chi connectivity index (χ1v) is 16.2. The molecule has 4 atom stereocenters. The minimum atomic E-state index is -0.748. The van der Waals surface area contributed by atoms with Crippen LogP contribution in [0.4, 0.5) is 4.39 Å². The molecule has 6 nitrogen and oxygen atoms in total. The van der Waals surface area contributed by atoms with E-state index in [2.05, 4.69) is 77.7 Å². The third kappa shape index (κ3) is 7.74. The highest BCUT2D eigenvalue weighted by Crippen LogP contribution is 2.43. The molecule has 1 aliphatic carbocycles. The van der Waals surface area contributed by atoms with Gasteiger partial charge in [-0.25, -0.2) is 4.39 Å². The van der Waals surface area contributed by atoms with E-state index in [1.165, 1.54) is 17.3 Å². The van der Waals surface area contributed by atoms with Crippen LogP contribution in [-0.2, 0) is 17.8 Å². The SMILES string of the molecule is CCn1nc(Cc2ccccc2)cc1C1CCN(CC2CC(N(C)[C@H](CC(C)C)C(=O)O)CC2c2cccc(F)c2)CC1. The number of carboxylic acids is 1. The highest BCUT2D eigenvalue weighted by Gasteiger charge is 2.41. The number of carbonyl (C=O) groups is 1. The van der Waals surface area contributed by atoms with Crippen LogP contribution in [-0.4, -0.2) is 69.4 Å². The minimum Gasteiger partial charge on any atom is -0.480 e. The van der Waals surface area contributed by atoms with Gasteiger partial charge in [0.2, 0.25) is 0 Å². The quantitative estimate of drug-likeness (QED) is 0.252. The standard InChI is InChI=1S/C36H49FN4O2/c1-5-41-34(22-31(38-41)19-26-10-7-6-8-11-26)27-14-16-40(17-15-27)24-29-21-32(39(4)35(36(42)43)18-25(2)3)23-33(29)28-12-9-13-30(37)20-28/h6-13,20,22,25,27,29,32-33,35H,5,14-19,21,23-24H2,1-4H3,(H,42,43)/t29?,32?,33?,35-/m1/s1. The number of nitrogens with zero attached hydrogens (tertiary/aromatic N) is 4. The lowest BCUT2D eigenvalue weighted by Crippen LogP contribution is -2.45. The van der Waals surface area contributed by atoms with E-state index in [0.717, 1.165) is 69.5 Å². The van der Waals surface area contributed by atoms with Gasteiger partial charge in [0.1, 0.15) is 11.9 Å². The van der Waals surface area contributed by atoms with Gasteiger partial charge in [-0.05, 0) is 106 Å². The van der Waals surface area contributed by atoms with Crippen LogP contribution in [0.1, 0.15) is 87.2 Å². The van der Waals surface area contributed by atoms with Gasteiger partial charge in [0.25, 0.3) is 0 Å². The Balaban J connectivity index is 1.26. The molecule has 43 heavy (non-hydrogen) atoms. The van der Waals surface area contributed by atoms with Crippen LogP contribution in [0.5, 0.6) is 0 Å². The van der Waals surface area contributed by atoms with E-state index in [1.54, 1.807) is 6.07 Å². The van der Waals surface area contributed by atoms with Crippen molar-refractivity contribution in [3.8, 4) is 0 Å². The van der Waals surface area contributed by atoms with Crippen molar-refractivity contribution in [1.29, 1.82) is 0 Å². The van der Waals surface area contributed by atoms with Crippen molar-refractivity contribution in [3.63, 3.8) is 0 Å². The van der Waals surface area contributed by atoms with Crippen LogP contribution >= 0.6 is 0 Å². The van der Waals surface area contributed by atoms with E-state index in [4.69, 9.17) is 5.10 Å². The number of hydrogen-bond acceptors (Lipinski definition) is 4. The number of aliphatic carboxylic acids is 1. The molecule has 0 bridgehead atoms. The van der Waals surface area contributed by atoms with Gasteiger partial charge in [-0.15, -0.1) is 0 Å². The maximum Gasteiger partial charge on any atom is 0.320 e. The Morgan fingerprint density at radius 1 is 1.07 bits per heavy atom. The zero-order chi connectivity index (χ0) is 30.5. The molecule has 1 N–H and O–H groups in total. The summed E-state index contributed by atoms with van der Waals surface area (Å²) in [5, 5.41) is 15.0. The summed E-state index contributed by atoms with van der Waals surface area (Å²) in [5.41, 5.74) is 4.83. The highest BCUT2D eigenvalue weighted by atomic mass is 19.1. The molecule has 5 rings (SSSR count). The van der Waals surface area contributed by atoms with Crippen molar-refractivity contribution in [2.24, 2.45) is 11.8 Å². The number of aryl methyl sites for hydroxylation is 1. The van der Waals surface area contributed by atoms with Gasteiger partial charge in [-0.3, -0.25) is 14.4 Å². The van der Waals surface area contributed by atoms with Gasteiger partial charge >= 0.3 is 5.97 Å². The number of piperidine rings is 1. The first-order valence-electron chi connectivity index (χ1n) is 16.2. The van der Waals surface area contributed by atoms with Gasteiger partial charge in [-0.2, -0.15) is 5.10 Å². The number of halogens is 1. The lowest BCUT2D eigenvalue weighted by atomic mass is 9.87. The van der Waals surface area contributed by atoms with Crippen molar-refractivity contribution in [2.75, 3.05) is 26.7 Å². The fourth-order valence-electron chi connectivity index (χ4n) is 7.62. The summed E-state index contributed by atoms with van der Waals surface area (Å²) in [6.07, 6.45) is 5.50. The van der Waals surface area contributed by atoms with Gasteiger partial charge in [-0.1, -0.05) is 56.3 Å². The van der Waals surface area contributed by atoms with E-state index in [1.807, 2.05) is 13.1 Å². The number of hydrogen-bond donors (Lipinski definition) is 1. The van der Waals surface area contributed by atoms with E-state index in [0.29, 0.717) is 24.2 Å². The van der Waals surface area contributed by atoms with Crippen LogP contribution in [0.2, 0.25) is 0 Å². The monoisotopic (exact) mass is 588 g/mol. The molecule has 232 valence electrons. The fraction of sp³-hybridized carbons (Fsp3) is 0.556. The van der Waals surface area contributed by atoms with Crippen LogP contribution in [0, 0.1) is 17.7 Å². The van der Waals surface area contributed by atoms with Crippen molar-refractivity contribution >= 4 is 5.97 Å². The molecule has 1 aliphatic heterocycles. The Morgan fingerprint density at radius 3 is 2.47 bits per heavy atom. The van der Waals surface area contributed by atoms with Gasteiger partial charge in [0.15, 0.2) is 0 Å². The van der Waals surface area contributed by atoms with E-state index >= 15 is 0 Å². The molecule has 3 aromatic rings. The predicted octanol–water partition coefficient (Wildman–Crippen LogP) is 6.81. The summed E-state index contributed by atoms with van der Waals surface area (Å²) in [7, 11) is 1.98. The van der Waals surface area contributed by atoms with Gasteiger partial charge < -0.3 is 10.0 Å². The maximum absolute atomic E-state index is 14.3. The predicted molar refractivity (Wildman–Crippen MR) is 170 cm³/mol. The first kappa shape index (κ1) is 31.4. The Morgan fingerprint density at radius 2 is 1.81 bits per heavy atom. The molecule has 2 fully saturated rings. The number of aromatic nitrogens is 2. The zero-order valence-corrected chi connectivity index (χ0v) is 26.3. The summed E-state index contributed by atoms with van der Waals surface area (Å²) in [6.45, 7) is 10.2. The summed E-state index contributed by atoms with van der Waals surface area (Å²) < 4.78 is 16.5. The number of rotatable bonds is 12. The molecular formula is C36H49FN4O2. The van der Waals surface area contributed by atoms with Crippen molar-refractivity contribution in [1.82, 2.24) is 19.6 Å². The van der Waals surface area contributed by atoms with Gasteiger partial charge in [0, 0.05) is 37.2 Å². The molecule has 1 aromatic heterocycles. The lowest BCUT2D eigenvalue weighted by molar-refractivity contribution is -0.144. The van der Waals surface area contributed by atoms with E-state index < -0.39 is 12.0 Å². The normalized spacial score (nSPS) is 22.4. The lowest BCUT2D eigenvalue weighted by Gasteiger charge is -2.35. The number of carboxylic acid groups (broad SMARTS) is 1. The Labute approximate surface area is 256 Å². The largest absolute Gasteiger partial charge is 0.480 e. The second-order valence-corrected chi connectivity index (χ2v) is 13.3. The fourth-order valence-corrected chi connectivity index (χ4v) is 7.62. The molecule has 3 unspecified atom stereocenters. The van der Waals surface area contributed by atoms with Crippen molar-refractivity contribution < 1.29 is 14.3 Å². The Bertz CT molecular complexity index is 1330. The molecule has 1 saturated carbocycles. The minimum absolute atomic E-state index is 0.164. The molecule has 1 saturated heterocycles.